The summed E-state index contributed by atoms with van der Waals surface area (Å²) in [4.78, 5) is 17.3. The van der Waals surface area contributed by atoms with Crippen LogP contribution in [-0.2, 0) is 11.2 Å². The minimum absolute atomic E-state index is 0.0353. The van der Waals surface area contributed by atoms with Crippen LogP contribution >= 0.6 is 11.3 Å². The van der Waals surface area contributed by atoms with E-state index in [9.17, 15) is 4.79 Å². The molecule has 0 saturated heterocycles. The number of benzene rings is 2. The van der Waals surface area contributed by atoms with Crippen molar-refractivity contribution in [2.24, 2.45) is 0 Å². The lowest BCUT2D eigenvalue weighted by atomic mass is 9.86. The fourth-order valence-corrected chi connectivity index (χ4v) is 4.47. The Hall–Kier alpha value is -3.18. The topological polar surface area (TPSA) is 55.1 Å². The highest BCUT2D eigenvalue weighted by Crippen LogP contribution is 2.28. The van der Waals surface area contributed by atoms with Crippen molar-refractivity contribution in [2.45, 2.75) is 32.2 Å². The Balaban J connectivity index is 1.47. The largest absolute Gasteiger partial charge is 0.459 e. The van der Waals surface area contributed by atoms with E-state index in [1.54, 1.807) is 0 Å². The molecule has 1 amide bonds. The molecule has 5 heteroatoms. The molecule has 0 radical (unpaired) electrons. The van der Waals surface area contributed by atoms with Crippen molar-refractivity contribution in [2.75, 3.05) is 0 Å². The zero-order valence-corrected chi connectivity index (χ0v) is 17.9. The lowest BCUT2D eigenvalue weighted by molar-refractivity contribution is -0.121. The van der Waals surface area contributed by atoms with E-state index in [4.69, 9.17) is 4.42 Å². The number of furan rings is 1. The molecule has 0 aliphatic heterocycles. The first-order valence-electron chi connectivity index (χ1n) is 10.0. The van der Waals surface area contributed by atoms with Gasteiger partial charge in [-0.15, -0.1) is 11.3 Å². The molecule has 0 aliphatic rings. The Morgan fingerprint density at radius 1 is 1.00 bits per heavy atom. The van der Waals surface area contributed by atoms with Gasteiger partial charge in [0.25, 0.3) is 0 Å². The van der Waals surface area contributed by atoms with Gasteiger partial charge in [0.1, 0.15) is 5.76 Å². The second-order valence-corrected chi connectivity index (χ2v) is 8.24. The second kappa shape index (κ2) is 9.09. The molecule has 2 aromatic carbocycles. The number of hydrogen-bond acceptors (Lipinski definition) is 4. The van der Waals surface area contributed by atoms with Gasteiger partial charge in [0, 0.05) is 17.3 Å². The molecule has 1 N–H and O–H groups in total. The van der Waals surface area contributed by atoms with Gasteiger partial charge in [-0.1, -0.05) is 60.7 Å². The predicted molar refractivity (Wildman–Crippen MR) is 121 cm³/mol. The number of carbonyl (C=O) groups is 1. The van der Waals surface area contributed by atoms with Crippen LogP contribution in [0.15, 0.2) is 82.6 Å². The maximum atomic E-state index is 12.8. The number of aromatic nitrogens is 1. The van der Waals surface area contributed by atoms with Crippen LogP contribution in [0.5, 0.6) is 0 Å². The van der Waals surface area contributed by atoms with Gasteiger partial charge in [-0.05, 0) is 37.1 Å². The van der Waals surface area contributed by atoms with Gasteiger partial charge in [-0.3, -0.25) is 4.79 Å². The Morgan fingerprint density at radius 3 is 2.20 bits per heavy atom. The molecular formula is C25H24N2O2S. The average molecular weight is 417 g/mol. The first-order chi connectivity index (χ1) is 14.6. The molecule has 1 atom stereocenters. The van der Waals surface area contributed by atoms with E-state index in [-0.39, 0.29) is 24.3 Å². The van der Waals surface area contributed by atoms with Gasteiger partial charge in [0.2, 0.25) is 5.91 Å². The SMILES string of the molecule is Cc1ccc(-c2nc(CC(=O)NC(C)C(c3ccccc3)c3ccccc3)cs2)o1. The summed E-state index contributed by atoms with van der Waals surface area (Å²) in [6.45, 7) is 3.96. The summed E-state index contributed by atoms with van der Waals surface area (Å²) < 4.78 is 5.63. The lowest BCUT2D eigenvalue weighted by Gasteiger charge is -2.26. The minimum Gasteiger partial charge on any atom is -0.459 e. The molecule has 0 bridgehead atoms. The maximum Gasteiger partial charge on any atom is 0.226 e. The third-order valence-corrected chi connectivity index (χ3v) is 5.96. The maximum absolute atomic E-state index is 12.8. The summed E-state index contributed by atoms with van der Waals surface area (Å²) in [5.74, 6) is 1.63. The molecule has 0 spiro atoms. The van der Waals surface area contributed by atoms with E-state index in [2.05, 4.69) is 41.5 Å². The van der Waals surface area contributed by atoms with Gasteiger partial charge in [-0.25, -0.2) is 4.98 Å². The third kappa shape index (κ3) is 4.69. The number of carbonyl (C=O) groups excluding carboxylic acids is 1. The number of hydrogen-bond donors (Lipinski definition) is 1. The molecule has 30 heavy (non-hydrogen) atoms. The Kier molecular flexibility index (Phi) is 6.10. The Bertz CT molecular complexity index is 1060. The van der Waals surface area contributed by atoms with Gasteiger partial charge in [0.15, 0.2) is 10.8 Å². The number of thiazole rings is 1. The van der Waals surface area contributed by atoms with E-state index in [0.717, 1.165) is 22.2 Å². The molecule has 4 aromatic rings. The van der Waals surface area contributed by atoms with Crippen molar-refractivity contribution in [3.63, 3.8) is 0 Å². The summed E-state index contributed by atoms with van der Waals surface area (Å²) in [6.07, 6.45) is 0.247. The molecule has 4 rings (SSSR count). The van der Waals surface area contributed by atoms with Crippen molar-refractivity contribution >= 4 is 17.2 Å². The molecule has 2 heterocycles. The average Bonchev–Trinajstić information content (AvgIpc) is 3.38. The summed E-state index contributed by atoms with van der Waals surface area (Å²) in [6, 6.07) is 24.4. The quantitative estimate of drug-likeness (QED) is 0.427. The highest BCUT2D eigenvalue weighted by atomic mass is 32.1. The summed E-state index contributed by atoms with van der Waals surface area (Å²) >= 11 is 1.49. The van der Waals surface area contributed by atoms with Crippen molar-refractivity contribution in [1.29, 1.82) is 0 Å². The first kappa shape index (κ1) is 20.1. The Labute approximate surface area is 180 Å². The van der Waals surface area contributed by atoms with Crippen LogP contribution in [0.2, 0.25) is 0 Å². The second-order valence-electron chi connectivity index (χ2n) is 7.39. The fraction of sp³-hybridized carbons (Fsp3) is 0.200. The van der Waals surface area contributed by atoms with E-state index < -0.39 is 0 Å². The number of nitrogens with zero attached hydrogens (tertiary/aromatic N) is 1. The van der Waals surface area contributed by atoms with Crippen molar-refractivity contribution in [3.05, 3.63) is 101 Å². The highest BCUT2D eigenvalue weighted by Gasteiger charge is 2.23. The van der Waals surface area contributed by atoms with Gasteiger partial charge < -0.3 is 9.73 Å². The van der Waals surface area contributed by atoms with Crippen LogP contribution in [0.3, 0.4) is 0 Å². The highest BCUT2D eigenvalue weighted by molar-refractivity contribution is 7.13. The molecule has 1 unspecified atom stereocenters. The summed E-state index contributed by atoms with van der Waals surface area (Å²) in [7, 11) is 0. The van der Waals surface area contributed by atoms with Crippen LogP contribution in [0.25, 0.3) is 10.8 Å². The Morgan fingerprint density at radius 2 is 1.63 bits per heavy atom. The molecule has 2 aromatic heterocycles. The number of nitrogens with one attached hydrogen (secondary N) is 1. The zero-order chi connectivity index (χ0) is 20.9. The molecule has 0 saturated carbocycles. The van der Waals surface area contributed by atoms with Gasteiger partial charge >= 0.3 is 0 Å². The van der Waals surface area contributed by atoms with E-state index in [0.29, 0.717) is 0 Å². The van der Waals surface area contributed by atoms with E-state index >= 15 is 0 Å². The number of aryl methyl sites for hydroxylation is 1. The monoisotopic (exact) mass is 416 g/mol. The predicted octanol–water partition coefficient (Wildman–Crippen LogP) is 5.59. The molecule has 0 fully saturated rings. The van der Waals surface area contributed by atoms with Crippen LogP contribution in [0.1, 0.15) is 35.4 Å². The van der Waals surface area contributed by atoms with Crippen molar-refractivity contribution in [3.8, 4) is 10.8 Å². The smallest absolute Gasteiger partial charge is 0.226 e. The van der Waals surface area contributed by atoms with Gasteiger partial charge in [-0.2, -0.15) is 0 Å². The van der Waals surface area contributed by atoms with Crippen LogP contribution in [0, 0.1) is 6.92 Å². The number of rotatable bonds is 7. The van der Waals surface area contributed by atoms with Crippen molar-refractivity contribution in [1.82, 2.24) is 10.3 Å². The zero-order valence-electron chi connectivity index (χ0n) is 17.0. The minimum atomic E-state index is -0.0619. The van der Waals surface area contributed by atoms with E-state index in [1.807, 2.05) is 60.8 Å². The third-order valence-electron chi connectivity index (χ3n) is 5.05. The first-order valence-corrected chi connectivity index (χ1v) is 10.9. The van der Waals surface area contributed by atoms with Gasteiger partial charge in [0.05, 0.1) is 12.1 Å². The fourth-order valence-electron chi connectivity index (χ4n) is 3.69. The van der Waals surface area contributed by atoms with Crippen LogP contribution in [0.4, 0.5) is 0 Å². The summed E-state index contributed by atoms with van der Waals surface area (Å²) in [5, 5.41) is 5.90. The van der Waals surface area contributed by atoms with E-state index in [1.165, 1.54) is 22.5 Å². The summed E-state index contributed by atoms with van der Waals surface area (Å²) in [5.41, 5.74) is 3.12. The molecular weight excluding hydrogens is 392 g/mol. The van der Waals surface area contributed by atoms with Crippen LogP contribution < -0.4 is 5.32 Å². The molecule has 152 valence electrons. The standard InChI is InChI=1S/C25H24N2O2S/c1-17-13-14-22(29-17)25-27-21(16-30-25)15-23(28)26-18(2)24(19-9-5-3-6-10-19)20-11-7-4-8-12-20/h3-14,16,18,24H,15H2,1-2H3,(H,26,28). The number of amides is 1. The normalized spacial score (nSPS) is 12.1. The molecule has 4 nitrogen and oxygen atoms in total. The van der Waals surface area contributed by atoms with Crippen molar-refractivity contribution < 1.29 is 9.21 Å². The lowest BCUT2D eigenvalue weighted by Crippen LogP contribution is -2.38. The molecule has 0 aliphatic carbocycles. The van der Waals surface area contributed by atoms with Crippen LogP contribution in [-0.4, -0.2) is 16.9 Å².